The summed E-state index contributed by atoms with van der Waals surface area (Å²) in [5.74, 6) is -11.8. The first-order valence-electron chi connectivity index (χ1n) is 14.7. The number of hydrogen-bond donors (Lipinski definition) is 3. The fourth-order valence-corrected chi connectivity index (χ4v) is 8.11. The van der Waals surface area contributed by atoms with E-state index in [2.05, 4.69) is 4.90 Å². The van der Waals surface area contributed by atoms with E-state index in [1.54, 1.807) is 0 Å². The molecule has 5 rings (SSSR count). The summed E-state index contributed by atoms with van der Waals surface area (Å²) in [6.07, 6.45) is 4.32. The van der Waals surface area contributed by atoms with E-state index in [0.717, 1.165) is 19.4 Å². The first-order chi connectivity index (χ1) is 19.5. The van der Waals surface area contributed by atoms with Gasteiger partial charge in [-0.2, -0.15) is 0 Å². The maximum atomic E-state index is 16.4. The maximum absolute atomic E-state index is 16.4. The van der Waals surface area contributed by atoms with Crippen LogP contribution in [0.3, 0.4) is 0 Å². The number of hydrogen-bond acceptors (Lipinski definition) is 9. The van der Waals surface area contributed by atoms with Crippen molar-refractivity contribution in [1.82, 2.24) is 9.80 Å². The second kappa shape index (κ2) is 10.3. The van der Waals surface area contributed by atoms with Crippen LogP contribution in [-0.2, 0) is 31.1 Å². The topological polar surface area (TPSA) is 158 Å². The molecule has 42 heavy (non-hydrogen) atoms. The number of rotatable bonds is 6. The molecule has 0 aliphatic heterocycles. The fraction of sp³-hybridized carbons (Fsp3) is 0.645. The van der Waals surface area contributed by atoms with Crippen molar-refractivity contribution < 1.29 is 38.6 Å². The van der Waals surface area contributed by atoms with Crippen LogP contribution < -0.4 is 5.73 Å². The van der Waals surface area contributed by atoms with Crippen LogP contribution in [0.4, 0.5) is 4.39 Å². The van der Waals surface area contributed by atoms with Gasteiger partial charge in [-0.1, -0.05) is 12.8 Å². The highest BCUT2D eigenvalue weighted by Crippen LogP contribution is 2.51. The third-order valence-electron chi connectivity index (χ3n) is 10.6. The Hall–Kier alpha value is -3.02. The molecule has 228 valence electrons. The van der Waals surface area contributed by atoms with E-state index in [1.165, 1.54) is 37.9 Å². The lowest BCUT2D eigenvalue weighted by molar-refractivity contribution is -0.181. The Kier molecular flexibility index (Phi) is 7.47. The third kappa shape index (κ3) is 4.26. The quantitative estimate of drug-likeness (QED) is 0.419. The molecule has 3 fully saturated rings. The van der Waals surface area contributed by atoms with Crippen LogP contribution in [-0.4, -0.2) is 88.4 Å². The standard InChI is InChI=1S/C31H40FN3O7/c1-30(2,35(5)13-14-8-6-7-9-14)17-12-19(36)21-16(23(17)32)10-15-11-18-24(34(3)4)26(38)22(29(33)41)28(40)31(18,42)27(39)20(15)25(21)37/h12,14-15,18,20,22,24,36,42H,6-11,13H2,1-5H3,(H2,33,41)/t15-,18-,20?,22?,24-,31-/m0/s1. The van der Waals surface area contributed by atoms with Crippen molar-refractivity contribution in [1.29, 1.82) is 0 Å². The Morgan fingerprint density at radius 2 is 1.74 bits per heavy atom. The molecule has 0 heterocycles. The highest BCUT2D eigenvalue weighted by molar-refractivity contribution is 6.32. The van der Waals surface area contributed by atoms with Crippen LogP contribution in [0.15, 0.2) is 6.07 Å². The molecule has 0 radical (unpaired) electrons. The number of benzene rings is 1. The highest BCUT2D eigenvalue weighted by atomic mass is 19.1. The Morgan fingerprint density at radius 1 is 1.12 bits per heavy atom. The number of carbonyl (C=O) groups is 5. The van der Waals surface area contributed by atoms with Gasteiger partial charge in [0.1, 0.15) is 11.6 Å². The minimum atomic E-state index is -2.81. The van der Waals surface area contributed by atoms with Gasteiger partial charge >= 0.3 is 0 Å². The van der Waals surface area contributed by atoms with Crippen LogP contribution in [0.1, 0.15) is 67.4 Å². The van der Waals surface area contributed by atoms with Gasteiger partial charge in [-0.3, -0.25) is 33.8 Å². The lowest BCUT2D eigenvalue weighted by Gasteiger charge is -2.52. The largest absolute Gasteiger partial charge is 0.507 e. The predicted molar refractivity (Wildman–Crippen MR) is 149 cm³/mol. The van der Waals surface area contributed by atoms with Gasteiger partial charge in [-0.05, 0) is 78.6 Å². The summed E-state index contributed by atoms with van der Waals surface area (Å²) in [7, 11) is 4.94. The van der Waals surface area contributed by atoms with Crippen molar-refractivity contribution in [2.45, 2.75) is 69.6 Å². The molecule has 10 nitrogen and oxygen atoms in total. The first kappa shape index (κ1) is 30.4. The molecular formula is C31H40FN3O7. The number of Topliss-reactive ketones (excluding diaryl/α,β-unsaturated/α-hetero) is 4. The normalized spacial score (nSPS) is 31.9. The predicted octanol–water partition coefficient (Wildman–Crippen LogP) is 1.36. The second-order valence-corrected chi connectivity index (χ2v) is 13.5. The Morgan fingerprint density at radius 3 is 2.31 bits per heavy atom. The maximum Gasteiger partial charge on any atom is 0.235 e. The average Bonchev–Trinajstić information content (AvgIpc) is 3.40. The number of amides is 1. The molecule has 0 bridgehead atoms. The summed E-state index contributed by atoms with van der Waals surface area (Å²) >= 11 is 0. The Bertz CT molecular complexity index is 1380. The third-order valence-corrected chi connectivity index (χ3v) is 10.6. The van der Waals surface area contributed by atoms with Crippen molar-refractivity contribution >= 4 is 29.0 Å². The van der Waals surface area contributed by atoms with E-state index in [0.29, 0.717) is 5.92 Å². The number of halogens is 1. The molecule has 1 amide bonds. The lowest BCUT2D eigenvalue weighted by Crippen LogP contribution is -2.74. The van der Waals surface area contributed by atoms with E-state index in [9.17, 15) is 34.2 Å². The fourth-order valence-electron chi connectivity index (χ4n) is 8.11. The molecule has 4 aliphatic carbocycles. The van der Waals surface area contributed by atoms with Crippen molar-refractivity contribution in [3.8, 4) is 5.75 Å². The van der Waals surface area contributed by atoms with Crippen LogP contribution >= 0.6 is 0 Å². The lowest BCUT2D eigenvalue weighted by atomic mass is 9.52. The molecule has 6 atom stereocenters. The molecule has 1 aromatic rings. The van der Waals surface area contributed by atoms with Crippen LogP contribution in [0.2, 0.25) is 0 Å². The van der Waals surface area contributed by atoms with Crippen molar-refractivity contribution in [3.05, 3.63) is 28.6 Å². The summed E-state index contributed by atoms with van der Waals surface area (Å²) < 4.78 is 16.4. The zero-order valence-electron chi connectivity index (χ0n) is 24.8. The molecule has 1 aromatic carbocycles. The number of phenols is 1. The van der Waals surface area contributed by atoms with Gasteiger partial charge in [0, 0.05) is 29.1 Å². The van der Waals surface area contributed by atoms with Crippen molar-refractivity contribution in [3.63, 3.8) is 0 Å². The van der Waals surface area contributed by atoms with E-state index in [1.807, 2.05) is 20.9 Å². The summed E-state index contributed by atoms with van der Waals surface area (Å²) in [5.41, 5.74) is 1.58. The van der Waals surface area contributed by atoms with Gasteiger partial charge in [-0.15, -0.1) is 0 Å². The number of aliphatic hydroxyl groups is 1. The smallest absolute Gasteiger partial charge is 0.235 e. The molecule has 0 saturated heterocycles. The van der Waals surface area contributed by atoms with Crippen molar-refractivity contribution in [2.24, 2.45) is 35.3 Å². The van der Waals surface area contributed by atoms with Gasteiger partial charge in [0.15, 0.2) is 34.7 Å². The average molecular weight is 586 g/mol. The molecule has 3 saturated carbocycles. The molecule has 11 heteroatoms. The Labute approximate surface area is 244 Å². The first-order valence-corrected chi connectivity index (χ1v) is 14.7. The second-order valence-electron chi connectivity index (χ2n) is 13.5. The summed E-state index contributed by atoms with van der Waals surface area (Å²) in [6.45, 7) is 4.48. The number of carbonyl (C=O) groups excluding carboxylic acids is 5. The minimum absolute atomic E-state index is 0.0123. The van der Waals surface area contributed by atoms with Gasteiger partial charge in [0.2, 0.25) is 5.91 Å². The summed E-state index contributed by atoms with van der Waals surface area (Å²) in [4.78, 5) is 69.9. The molecule has 0 spiro atoms. The van der Waals surface area contributed by atoms with E-state index < -0.39 is 81.5 Å². The summed E-state index contributed by atoms with van der Waals surface area (Å²) in [6, 6.07) is 0.0252. The van der Waals surface area contributed by atoms with E-state index in [4.69, 9.17) is 5.73 Å². The van der Waals surface area contributed by atoms with Crippen LogP contribution in [0, 0.1) is 35.4 Å². The number of nitrogens with two attached hydrogens (primary N) is 1. The monoisotopic (exact) mass is 585 g/mol. The molecular weight excluding hydrogens is 545 g/mol. The molecule has 0 aromatic heterocycles. The number of aromatic hydroxyl groups is 1. The van der Waals surface area contributed by atoms with Gasteiger partial charge < -0.3 is 15.9 Å². The number of likely N-dealkylation sites (N-methyl/N-ethyl adjacent to an activating group) is 1. The van der Waals surface area contributed by atoms with Crippen molar-refractivity contribution in [2.75, 3.05) is 27.7 Å². The summed E-state index contributed by atoms with van der Waals surface area (Å²) in [5, 5.41) is 22.8. The number of primary amides is 1. The van der Waals surface area contributed by atoms with Crippen LogP contribution in [0.5, 0.6) is 5.75 Å². The van der Waals surface area contributed by atoms with Gasteiger partial charge in [0.05, 0.1) is 17.5 Å². The number of nitrogens with zero attached hydrogens (tertiary/aromatic N) is 2. The zero-order chi connectivity index (χ0) is 31.0. The van der Waals surface area contributed by atoms with Gasteiger partial charge in [-0.25, -0.2) is 4.39 Å². The number of phenolic OH excluding ortho intramolecular Hbond substituents is 1. The molecule has 4 N–H and O–H groups in total. The highest BCUT2D eigenvalue weighted by Gasteiger charge is 2.69. The number of ketones is 4. The number of fused-ring (bicyclic) bond motifs is 3. The van der Waals surface area contributed by atoms with E-state index >= 15 is 4.39 Å². The Balaban J connectivity index is 1.57. The molecule has 2 unspecified atom stereocenters. The SMILES string of the molecule is CN(C)[C@@H]1C(=O)C(C(N)=O)C(=O)[C@@]2(O)C(=O)C3C(=O)c4c(O)cc(C(C)(C)N(C)CC5CCCC5)c(F)c4C[C@H]3C[C@@H]12. The van der Waals surface area contributed by atoms with E-state index in [-0.39, 0.29) is 29.5 Å². The molecule has 4 aliphatic rings. The minimum Gasteiger partial charge on any atom is -0.507 e. The zero-order valence-corrected chi connectivity index (χ0v) is 24.8. The van der Waals surface area contributed by atoms with Crippen LogP contribution in [0.25, 0.3) is 0 Å². The van der Waals surface area contributed by atoms with Gasteiger partial charge in [0.25, 0.3) is 0 Å².